The fourth-order valence-corrected chi connectivity index (χ4v) is 3.09. The molecule has 3 rings (SSSR count). The summed E-state index contributed by atoms with van der Waals surface area (Å²) in [5, 5.41) is 3.15. The number of benzene rings is 1. The van der Waals surface area contributed by atoms with E-state index >= 15 is 0 Å². The minimum atomic E-state index is 0.0365. The standard InChI is InChI=1S/C15H18N2OS/c1-10-17-14(9-19-10)13(16)4-2-11-3-5-15-12(8-11)6-7-18-15/h3,5,8-9,13H,2,4,6-7,16H2,1H3. The number of rotatable bonds is 4. The Morgan fingerprint density at radius 1 is 1.47 bits per heavy atom. The molecule has 1 aliphatic rings. The second kappa shape index (κ2) is 5.31. The Hall–Kier alpha value is -1.39. The van der Waals surface area contributed by atoms with Crippen LogP contribution < -0.4 is 10.5 Å². The van der Waals surface area contributed by atoms with Gasteiger partial charge in [-0.2, -0.15) is 0 Å². The molecule has 0 aliphatic carbocycles. The molecular weight excluding hydrogens is 256 g/mol. The van der Waals surface area contributed by atoms with Crippen molar-refractivity contribution in [3.05, 3.63) is 45.4 Å². The minimum Gasteiger partial charge on any atom is -0.493 e. The summed E-state index contributed by atoms with van der Waals surface area (Å²) in [6.45, 7) is 2.83. The average Bonchev–Trinajstić information content (AvgIpc) is 3.03. The van der Waals surface area contributed by atoms with Crippen molar-refractivity contribution >= 4 is 11.3 Å². The van der Waals surface area contributed by atoms with Crippen LogP contribution in [0.25, 0.3) is 0 Å². The highest BCUT2D eigenvalue weighted by Gasteiger charge is 2.13. The summed E-state index contributed by atoms with van der Waals surface area (Å²) in [6.07, 6.45) is 2.95. The van der Waals surface area contributed by atoms with Gasteiger partial charge in [-0.1, -0.05) is 12.1 Å². The smallest absolute Gasteiger partial charge is 0.122 e. The Morgan fingerprint density at radius 3 is 3.16 bits per heavy atom. The highest BCUT2D eigenvalue weighted by molar-refractivity contribution is 7.09. The maximum atomic E-state index is 6.19. The first-order valence-corrected chi connectivity index (χ1v) is 7.52. The van der Waals surface area contributed by atoms with Gasteiger partial charge in [0.25, 0.3) is 0 Å². The Morgan fingerprint density at radius 2 is 2.37 bits per heavy atom. The molecule has 0 fully saturated rings. The van der Waals surface area contributed by atoms with Crippen molar-refractivity contribution in [2.24, 2.45) is 5.73 Å². The largest absolute Gasteiger partial charge is 0.493 e. The van der Waals surface area contributed by atoms with Gasteiger partial charge in [-0.25, -0.2) is 4.98 Å². The van der Waals surface area contributed by atoms with Gasteiger partial charge in [0, 0.05) is 17.8 Å². The number of aromatic nitrogens is 1. The van der Waals surface area contributed by atoms with E-state index in [1.165, 1.54) is 11.1 Å². The lowest BCUT2D eigenvalue weighted by molar-refractivity contribution is 0.357. The number of nitrogens with zero attached hydrogens (tertiary/aromatic N) is 1. The third kappa shape index (κ3) is 2.80. The van der Waals surface area contributed by atoms with Crippen LogP contribution in [-0.4, -0.2) is 11.6 Å². The number of hydrogen-bond donors (Lipinski definition) is 1. The normalized spacial score (nSPS) is 15.1. The summed E-state index contributed by atoms with van der Waals surface area (Å²) in [4.78, 5) is 4.45. The summed E-state index contributed by atoms with van der Waals surface area (Å²) in [6, 6.07) is 6.51. The number of nitrogens with two attached hydrogens (primary N) is 1. The second-order valence-electron chi connectivity index (χ2n) is 4.98. The molecule has 1 atom stereocenters. The molecule has 2 N–H and O–H groups in total. The van der Waals surface area contributed by atoms with E-state index in [9.17, 15) is 0 Å². The van der Waals surface area contributed by atoms with Crippen LogP contribution in [-0.2, 0) is 12.8 Å². The zero-order valence-electron chi connectivity index (χ0n) is 11.1. The van der Waals surface area contributed by atoms with E-state index in [1.807, 2.05) is 6.92 Å². The topological polar surface area (TPSA) is 48.1 Å². The molecule has 3 nitrogen and oxygen atoms in total. The Kier molecular flexibility index (Phi) is 3.53. The number of thiazole rings is 1. The molecule has 0 bridgehead atoms. The van der Waals surface area contributed by atoms with Gasteiger partial charge in [0.15, 0.2) is 0 Å². The zero-order valence-corrected chi connectivity index (χ0v) is 11.9. The van der Waals surface area contributed by atoms with E-state index in [2.05, 4.69) is 28.6 Å². The summed E-state index contributed by atoms with van der Waals surface area (Å²) in [7, 11) is 0. The SMILES string of the molecule is Cc1nc(C(N)CCc2ccc3c(c2)CCO3)cs1. The summed E-state index contributed by atoms with van der Waals surface area (Å²) >= 11 is 1.66. The van der Waals surface area contributed by atoms with E-state index in [4.69, 9.17) is 10.5 Å². The van der Waals surface area contributed by atoms with Gasteiger partial charge >= 0.3 is 0 Å². The fraction of sp³-hybridized carbons (Fsp3) is 0.400. The monoisotopic (exact) mass is 274 g/mol. The van der Waals surface area contributed by atoms with Crippen LogP contribution in [0.3, 0.4) is 0 Å². The van der Waals surface area contributed by atoms with Gasteiger partial charge in [-0.3, -0.25) is 0 Å². The molecule has 0 radical (unpaired) electrons. The number of fused-ring (bicyclic) bond motifs is 1. The van der Waals surface area contributed by atoms with Crippen molar-refractivity contribution in [2.75, 3.05) is 6.61 Å². The third-order valence-corrected chi connectivity index (χ3v) is 4.31. The summed E-state index contributed by atoms with van der Waals surface area (Å²) in [5.74, 6) is 1.04. The van der Waals surface area contributed by atoms with Crippen molar-refractivity contribution in [3.8, 4) is 5.75 Å². The first-order chi connectivity index (χ1) is 9.22. The second-order valence-corrected chi connectivity index (χ2v) is 6.04. The molecule has 1 unspecified atom stereocenters. The van der Waals surface area contributed by atoms with Gasteiger partial charge in [0.05, 0.1) is 17.3 Å². The molecule has 4 heteroatoms. The lowest BCUT2D eigenvalue weighted by Crippen LogP contribution is -2.11. The van der Waals surface area contributed by atoms with Gasteiger partial charge in [0.2, 0.25) is 0 Å². The zero-order chi connectivity index (χ0) is 13.2. The predicted molar refractivity (Wildman–Crippen MR) is 77.7 cm³/mol. The molecule has 0 spiro atoms. The molecule has 0 amide bonds. The Bertz CT molecular complexity index is 579. The minimum absolute atomic E-state index is 0.0365. The molecular formula is C15H18N2OS. The summed E-state index contributed by atoms with van der Waals surface area (Å²) in [5.41, 5.74) is 9.88. The van der Waals surface area contributed by atoms with Crippen molar-refractivity contribution < 1.29 is 4.74 Å². The maximum absolute atomic E-state index is 6.19. The summed E-state index contributed by atoms with van der Waals surface area (Å²) < 4.78 is 5.52. The number of ether oxygens (including phenoxy) is 1. The van der Waals surface area contributed by atoms with Crippen LogP contribution in [0.15, 0.2) is 23.6 Å². The molecule has 2 heterocycles. The first kappa shape index (κ1) is 12.6. The quantitative estimate of drug-likeness (QED) is 0.932. The van der Waals surface area contributed by atoms with Gasteiger partial charge < -0.3 is 10.5 Å². The van der Waals surface area contributed by atoms with E-state index in [0.29, 0.717) is 0 Å². The molecule has 2 aromatic rings. The van der Waals surface area contributed by atoms with E-state index in [1.54, 1.807) is 11.3 Å². The van der Waals surface area contributed by atoms with Gasteiger partial charge in [-0.15, -0.1) is 11.3 Å². The fourth-order valence-electron chi connectivity index (χ4n) is 2.42. The lowest BCUT2D eigenvalue weighted by Gasteiger charge is -2.09. The highest BCUT2D eigenvalue weighted by atomic mass is 32.1. The Labute approximate surface area is 117 Å². The first-order valence-electron chi connectivity index (χ1n) is 6.64. The van der Waals surface area contributed by atoms with Crippen molar-refractivity contribution in [1.29, 1.82) is 0 Å². The van der Waals surface area contributed by atoms with E-state index in [0.717, 1.165) is 42.3 Å². The van der Waals surface area contributed by atoms with Crippen molar-refractivity contribution in [1.82, 2.24) is 4.98 Å². The molecule has 0 saturated carbocycles. The van der Waals surface area contributed by atoms with Crippen LogP contribution >= 0.6 is 11.3 Å². The maximum Gasteiger partial charge on any atom is 0.122 e. The molecule has 19 heavy (non-hydrogen) atoms. The van der Waals surface area contributed by atoms with Crippen LogP contribution in [0.4, 0.5) is 0 Å². The molecule has 1 aliphatic heterocycles. The molecule has 100 valence electrons. The van der Waals surface area contributed by atoms with E-state index < -0.39 is 0 Å². The van der Waals surface area contributed by atoms with Crippen LogP contribution in [0.2, 0.25) is 0 Å². The van der Waals surface area contributed by atoms with Crippen LogP contribution in [0.5, 0.6) is 5.75 Å². The number of aryl methyl sites for hydroxylation is 2. The molecule has 0 saturated heterocycles. The van der Waals surface area contributed by atoms with E-state index in [-0.39, 0.29) is 6.04 Å². The molecule has 1 aromatic carbocycles. The molecule has 1 aromatic heterocycles. The van der Waals surface area contributed by atoms with Gasteiger partial charge in [-0.05, 0) is 37.0 Å². The Balaban J connectivity index is 1.63. The lowest BCUT2D eigenvalue weighted by atomic mass is 10.0. The van der Waals surface area contributed by atoms with Gasteiger partial charge in [0.1, 0.15) is 5.75 Å². The predicted octanol–water partition coefficient (Wildman–Crippen LogP) is 3.02. The highest BCUT2D eigenvalue weighted by Crippen LogP contribution is 2.27. The van der Waals surface area contributed by atoms with Crippen molar-refractivity contribution in [2.45, 2.75) is 32.2 Å². The average molecular weight is 274 g/mol. The van der Waals surface area contributed by atoms with Crippen LogP contribution in [0.1, 0.15) is 34.3 Å². The van der Waals surface area contributed by atoms with Crippen LogP contribution in [0, 0.1) is 6.92 Å². The number of hydrogen-bond acceptors (Lipinski definition) is 4. The third-order valence-electron chi connectivity index (χ3n) is 3.51. The van der Waals surface area contributed by atoms with Crippen molar-refractivity contribution in [3.63, 3.8) is 0 Å².